The van der Waals surface area contributed by atoms with Gasteiger partial charge >= 0.3 is 58.4 Å². The van der Waals surface area contributed by atoms with Gasteiger partial charge in [-0.2, -0.15) is 0 Å². The largest absolute Gasteiger partial charge is 1.00 e. The molecule has 12 heavy (non-hydrogen) atoms. The van der Waals surface area contributed by atoms with E-state index < -0.39 is 12.3 Å². The normalized spacial score (nSPS) is 39.8. The molecular weight excluding hydrogens is 195 g/mol. The number of hydrogen-bond acceptors (Lipinski definition) is 1. The SMILES string of the molecule is F[B-](F)(F)C12COCCC1C2.[K+]. The zero-order valence-corrected chi connectivity index (χ0v) is 10.1. The van der Waals surface area contributed by atoms with Crippen LogP contribution in [0.15, 0.2) is 0 Å². The Labute approximate surface area is 112 Å². The van der Waals surface area contributed by atoms with Crippen LogP contribution in [0.3, 0.4) is 0 Å². The third-order valence-electron chi connectivity index (χ3n) is 2.91. The topological polar surface area (TPSA) is 9.23 Å². The van der Waals surface area contributed by atoms with Crippen molar-refractivity contribution in [2.24, 2.45) is 5.92 Å². The maximum atomic E-state index is 12.3. The van der Waals surface area contributed by atoms with E-state index in [1.807, 2.05) is 0 Å². The van der Waals surface area contributed by atoms with Crippen molar-refractivity contribution >= 4 is 6.98 Å². The molecule has 2 fully saturated rings. The van der Waals surface area contributed by atoms with Crippen LogP contribution < -0.4 is 51.4 Å². The zero-order chi connectivity index (χ0) is 8.11. The van der Waals surface area contributed by atoms with Crippen LogP contribution in [0.1, 0.15) is 12.8 Å². The molecule has 0 aromatic heterocycles. The Kier molecular flexibility index (Phi) is 3.41. The number of rotatable bonds is 1. The van der Waals surface area contributed by atoms with Gasteiger partial charge < -0.3 is 17.7 Å². The third kappa shape index (κ3) is 1.66. The molecule has 2 aliphatic rings. The van der Waals surface area contributed by atoms with Crippen molar-refractivity contribution in [1.82, 2.24) is 0 Å². The first kappa shape index (κ1) is 11.5. The van der Waals surface area contributed by atoms with Crippen LogP contribution in [-0.4, -0.2) is 20.2 Å². The maximum Gasteiger partial charge on any atom is 1.00 e. The third-order valence-corrected chi connectivity index (χ3v) is 2.91. The summed E-state index contributed by atoms with van der Waals surface area (Å²) in [4.78, 5) is 0. The van der Waals surface area contributed by atoms with E-state index in [0.29, 0.717) is 19.4 Å². The van der Waals surface area contributed by atoms with Crippen molar-refractivity contribution < 1.29 is 69.1 Å². The van der Waals surface area contributed by atoms with Crippen LogP contribution in [0.2, 0.25) is 5.31 Å². The van der Waals surface area contributed by atoms with Crippen LogP contribution in [0.4, 0.5) is 12.9 Å². The summed E-state index contributed by atoms with van der Waals surface area (Å²) in [5.74, 6) is -0.115. The second-order valence-corrected chi connectivity index (χ2v) is 3.55. The van der Waals surface area contributed by atoms with Crippen LogP contribution in [0, 0.1) is 5.92 Å². The van der Waals surface area contributed by atoms with E-state index in [2.05, 4.69) is 0 Å². The number of hydrogen-bond donors (Lipinski definition) is 0. The van der Waals surface area contributed by atoms with E-state index in [-0.39, 0.29) is 63.9 Å². The molecule has 0 radical (unpaired) electrons. The molecule has 1 aliphatic carbocycles. The van der Waals surface area contributed by atoms with Crippen LogP contribution in [0.5, 0.6) is 0 Å². The molecule has 0 N–H and O–H groups in total. The Hall–Kier alpha value is 1.45. The van der Waals surface area contributed by atoms with Gasteiger partial charge in [0.2, 0.25) is 0 Å². The Morgan fingerprint density at radius 2 is 2.00 bits per heavy atom. The van der Waals surface area contributed by atoms with Gasteiger partial charge in [0, 0.05) is 13.2 Å². The monoisotopic (exact) mass is 204 g/mol. The molecule has 6 heteroatoms. The van der Waals surface area contributed by atoms with E-state index in [9.17, 15) is 12.9 Å². The molecule has 0 aromatic rings. The number of fused-ring (bicyclic) bond motifs is 1. The predicted molar refractivity (Wildman–Crippen MR) is 35.3 cm³/mol. The van der Waals surface area contributed by atoms with E-state index in [1.165, 1.54) is 0 Å². The predicted octanol–water partition coefficient (Wildman–Crippen LogP) is -0.982. The average Bonchev–Trinajstić information content (AvgIpc) is 2.59. The molecule has 2 unspecified atom stereocenters. The summed E-state index contributed by atoms with van der Waals surface area (Å²) in [5, 5.41) is -1.38. The van der Waals surface area contributed by atoms with E-state index in [4.69, 9.17) is 4.74 Å². The summed E-state index contributed by atoms with van der Waals surface area (Å²) in [7, 11) is 0. The van der Waals surface area contributed by atoms with E-state index in [1.54, 1.807) is 0 Å². The summed E-state index contributed by atoms with van der Waals surface area (Å²) in [6, 6.07) is 0. The zero-order valence-electron chi connectivity index (χ0n) is 7.03. The Morgan fingerprint density at radius 1 is 1.33 bits per heavy atom. The van der Waals surface area contributed by atoms with Crippen molar-refractivity contribution in [1.29, 1.82) is 0 Å². The first-order chi connectivity index (χ1) is 5.06. The summed E-state index contributed by atoms with van der Waals surface area (Å²) in [6.07, 6.45) is 0.914. The van der Waals surface area contributed by atoms with Gasteiger partial charge in [-0.1, -0.05) is 12.3 Å². The maximum absolute atomic E-state index is 12.3. The minimum atomic E-state index is -4.67. The average molecular weight is 204 g/mol. The van der Waals surface area contributed by atoms with Gasteiger partial charge in [0.05, 0.1) is 0 Å². The molecule has 2 atom stereocenters. The molecule has 64 valence electrons. The fourth-order valence-electron chi connectivity index (χ4n) is 1.95. The second kappa shape index (κ2) is 3.55. The summed E-state index contributed by atoms with van der Waals surface area (Å²) in [5.41, 5.74) is 0. The molecule has 0 amide bonds. The number of ether oxygens (including phenoxy) is 1. The quantitative estimate of drug-likeness (QED) is 0.499. The van der Waals surface area contributed by atoms with Gasteiger partial charge in [-0.15, -0.1) is 0 Å². The molecule has 1 saturated carbocycles. The first-order valence-corrected chi connectivity index (χ1v) is 3.83. The molecule has 1 heterocycles. The van der Waals surface area contributed by atoms with Gasteiger partial charge in [-0.3, -0.25) is 0 Å². The molecule has 1 aliphatic heterocycles. The summed E-state index contributed by atoms with van der Waals surface area (Å²) in [6.45, 7) is -4.24. The van der Waals surface area contributed by atoms with Gasteiger partial charge in [-0.25, -0.2) is 0 Å². The Morgan fingerprint density at radius 3 is 2.42 bits per heavy atom. The minimum absolute atomic E-state index is 0. The van der Waals surface area contributed by atoms with Crippen LogP contribution >= 0.6 is 0 Å². The molecular formula is C6H9BF3KO. The van der Waals surface area contributed by atoms with Crippen LogP contribution in [-0.2, 0) is 4.74 Å². The summed E-state index contributed by atoms with van der Waals surface area (Å²) < 4.78 is 41.9. The van der Waals surface area contributed by atoms with Crippen molar-refractivity contribution in [3.63, 3.8) is 0 Å². The van der Waals surface area contributed by atoms with Crippen molar-refractivity contribution in [3.05, 3.63) is 0 Å². The molecule has 0 bridgehead atoms. The standard InChI is InChI=1S/C6H9BF3O.K/c8-7(9,10)6-3-5(6)1-2-11-4-6;/h5H,1-4H2;/q-1;+1. The number of halogens is 3. The smallest absolute Gasteiger partial charge is 0.448 e. The van der Waals surface area contributed by atoms with Crippen molar-refractivity contribution in [2.45, 2.75) is 18.2 Å². The molecule has 0 aromatic carbocycles. The molecule has 1 nitrogen and oxygen atoms in total. The van der Waals surface area contributed by atoms with Crippen LogP contribution in [0.25, 0.3) is 0 Å². The van der Waals surface area contributed by atoms with Gasteiger partial charge in [0.15, 0.2) is 0 Å². The van der Waals surface area contributed by atoms with Crippen molar-refractivity contribution in [2.75, 3.05) is 13.2 Å². The van der Waals surface area contributed by atoms with E-state index in [0.717, 1.165) is 0 Å². The molecule has 1 saturated heterocycles. The van der Waals surface area contributed by atoms with E-state index >= 15 is 0 Å². The van der Waals surface area contributed by atoms with Gasteiger partial charge in [0.25, 0.3) is 0 Å². The minimum Gasteiger partial charge on any atom is -0.448 e. The Balaban J connectivity index is 0.000000720. The second-order valence-electron chi connectivity index (χ2n) is 3.55. The fourth-order valence-corrected chi connectivity index (χ4v) is 1.95. The molecule has 2 rings (SSSR count). The van der Waals surface area contributed by atoms with Gasteiger partial charge in [0.1, 0.15) is 0 Å². The Bertz CT molecular complexity index is 186. The molecule has 0 spiro atoms. The van der Waals surface area contributed by atoms with Gasteiger partial charge in [-0.05, 0) is 11.7 Å². The fraction of sp³-hybridized carbons (Fsp3) is 1.00. The summed E-state index contributed by atoms with van der Waals surface area (Å²) >= 11 is 0. The first-order valence-electron chi connectivity index (χ1n) is 3.83. The van der Waals surface area contributed by atoms with Crippen molar-refractivity contribution in [3.8, 4) is 0 Å².